The summed E-state index contributed by atoms with van der Waals surface area (Å²) >= 11 is 0. The lowest BCUT2D eigenvalue weighted by Gasteiger charge is -2.31. The number of rotatable bonds is 7. The first-order valence-electron chi connectivity index (χ1n) is 8.47. The molecule has 7 heteroatoms. The zero-order valence-electron chi connectivity index (χ0n) is 15.0. The number of carbonyl (C=O) groups excluding carboxylic acids is 1. The number of halogens is 1. The summed E-state index contributed by atoms with van der Waals surface area (Å²) in [4.78, 5) is 26.7. The lowest BCUT2D eigenvalue weighted by Crippen LogP contribution is -2.48. The van der Waals surface area contributed by atoms with Gasteiger partial charge in [-0.2, -0.15) is 0 Å². The molecule has 1 aromatic rings. The van der Waals surface area contributed by atoms with E-state index in [1.807, 2.05) is 30.8 Å². The van der Waals surface area contributed by atoms with Crippen molar-refractivity contribution in [2.75, 3.05) is 34.2 Å². The number of hydrogen-bond donors (Lipinski definition) is 0. The first kappa shape index (κ1) is 18.7. The Kier molecular flexibility index (Phi) is 6.62. The molecule has 0 unspecified atom stereocenters. The normalized spacial score (nSPS) is 22.8. The Morgan fingerprint density at radius 2 is 2.04 bits per heavy atom. The van der Waals surface area contributed by atoms with Gasteiger partial charge in [0, 0.05) is 38.6 Å². The molecule has 134 valence electrons. The van der Waals surface area contributed by atoms with Gasteiger partial charge in [-0.05, 0) is 33.0 Å². The standard InChI is InChI=1S/C17H28FN5O/c1-5-15(21(2)3)17(24)22(4)11-14-9-13(18)10-23(14)12-16-19-7-6-8-20-16/h6-8,13-15H,5,9-12H2,1-4H3/t13-,14-,15+/m0/s1. The fourth-order valence-corrected chi connectivity index (χ4v) is 3.32. The smallest absolute Gasteiger partial charge is 0.239 e. The highest BCUT2D eigenvalue weighted by Crippen LogP contribution is 2.23. The molecule has 1 fully saturated rings. The fourth-order valence-electron chi connectivity index (χ4n) is 3.32. The first-order valence-corrected chi connectivity index (χ1v) is 8.47. The number of likely N-dealkylation sites (tertiary alicyclic amines) is 1. The third-order valence-electron chi connectivity index (χ3n) is 4.60. The van der Waals surface area contributed by atoms with Crippen molar-refractivity contribution in [3.8, 4) is 0 Å². The van der Waals surface area contributed by atoms with Crippen LogP contribution in [0.4, 0.5) is 4.39 Å². The molecule has 6 nitrogen and oxygen atoms in total. The van der Waals surface area contributed by atoms with Gasteiger partial charge < -0.3 is 4.90 Å². The van der Waals surface area contributed by atoms with Crippen LogP contribution in [0.2, 0.25) is 0 Å². The average molecular weight is 337 g/mol. The van der Waals surface area contributed by atoms with Crippen LogP contribution in [-0.4, -0.2) is 83.1 Å². The molecule has 2 rings (SSSR count). The van der Waals surface area contributed by atoms with E-state index in [4.69, 9.17) is 0 Å². The zero-order valence-corrected chi connectivity index (χ0v) is 15.0. The third kappa shape index (κ3) is 4.70. The van der Waals surface area contributed by atoms with Crippen molar-refractivity contribution in [2.24, 2.45) is 0 Å². The molecular weight excluding hydrogens is 309 g/mol. The number of aromatic nitrogens is 2. The van der Waals surface area contributed by atoms with Gasteiger partial charge in [0.2, 0.25) is 5.91 Å². The molecule has 0 bridgehead atoms. The van der Waals surface area contributed by atoms with Crippen LogP contribution >= 0.6 is 0 Å². The maximum atomic E-state index is 13.9. The van der Waals surface area contributed by atoms with Gasteiger partial charge in [-0.15, -0.1) is 0 Å². The summed E-state index contributed by atoms with van der Waals surface area (Å²) in [5.74, 6) is 0.769. The minimum atomic E-state index is -0.863. The maximum absolute atomic E-state index is 13.9. The van der Waals surface area contributed by atoms with E-state index in [1.165, 1.54) is 0 Å². The van der Waals surface area contributed by atoms with Gasteiger partial charge in [0.25, 0.3) is 0 Å². The summed E-state index contributed by atoms with van der Waals surface area (Å²) in [5.41, 5.74) is 0. The molecule has 0 N–H and O–H groups in total. The summed E-state index contributed by atoms with van der Waals surface area (Å²) in [5, 5.41) is 0. The van der Waals surface area contributed by atoms with E-state index in [1.54, 1.807) is 30.4 Å². The molecule has 0 saturated carbocycles. The van der Waals surface area contributed by atoms with E-state index < -0.39 is 6.17 Å². The van der Waals surface area contributed by atoms with Crippen LogP contribution in [0.25, 0.3) is 0 Å². The molecule has 1 aliphatic rings. The van der Waals surface area contributed by atoms with E-state index >= 15 is 0 Å². The number of alkyl halides is 1. The molecule has 0 spiro atoms. The average Bonchev–Trinajstić information content (AvgIpc) is 2.87. The van der Waals surface area contributed by atoms with Gasteiger partial charge in [0.1, 0.15) is 12.0 Å². The van der Waals surface area contributed by atoms with Gasteiger partial charge in [0.15, 0.2) is 0 Å². The van der Waals surface area contributed by atoms with Crippen molar-refractivity contribution in [3.05, 3.63) is 24.3 Å². The highest BCUT2D eigenvalue weighted by molar-refractivity contribution is 5.81. The molecule has 1 aromatic heterocycles. The highest BCUT2D eigenvalue weighted by Gasteiger charge is 2.34. The minimum absolute atomic E-state index is 0.00238. The van der Waals surface area contributed by atoms with Crippen molar-refractivity contribution in [2.45, 2.75) is 44.6 Å². The van der Waals surface area contributed by atoms with E-state index in [-0.39, 0.29) is 18.0 Å². The number of hydrogen-bond acceptors (Lipinski definition) is 5. The van der Waals surface area contributed by atoms with Crippen molar-refractivity contribution < 1.29 is 9.18 Å². The van der Waals surface area contributed by atoms with Crippen molar-refractivity contribution >= 4 is 5.91 Å². The number of amides is 1. The SMILES string of the molecule is CC[C@H](C(=O)N(C)C[C@@H]1C[C@H](F)CN1Cc1ncccn1)N(C)C. The Bertz CT molecular complexity index is 527. The summed E-state index contributed by atoms with van der Waals surface area (Å²) in [6.45, 7) is 3.41. The van der Waals surface area contributed by atoms with Gasteiger partial charge >= 0.3 is 0 Å². The molecule has 3 atom stereocenters. The molecular formula is C17H28FN5O. The second-order valence-corrected chi connectivity index (χ2v) is 6.69. The predicted octanol–water partition coefficient (Wildman–Crippen LogP) is 1.19. The molecule has 0 aliphatic carbocycles. The van der Waals surface area contributed by atoms with Crippen LogP contribution < -0.4 is 0 Å². The molecule has 1 saturated heterocycles. The van der Waals surface area contributed by atoms with E-state index in [0.29, 0.717) is 31.9 Å². The third-order valence-corrected chi connectivity index (χ3v) is 4.60. The summed E-state index contributed by atoms with van der Waals surface area (Å²) < 4.78 is 13.9. The zero-order chi connectivity index (χ0) is 17.7. The molecule has 1 amide bonds. The van der Waals surface area contributed by atoms with E-state index in [0.717, 1.165) is 6.42 Å². The van der Waals surface area contributed by atoms with Crippen LogP contribution in [-0.2, 0) is 11.3 Å². The van der Waals surface area contributed by atoms with Gasteiger partial charge in [-0.25, -0.2) is 14.4 Å². The second-order valence-electron chi connectivity index (χ2n) is 6.69. The van der Waals surface area contributed by atoms with Crippen LogP contribution in [0.5, 0.6) is 0 Å². The monoisotopic (exact) mass is 337 g/mol. The number of nitrogens with zero attached hydrogens (tertiary/aromatic N) is 5. The van der Waals surface area contributed by atoms with Gasteiger partial charge in [-0.1, -0.05) is 6.92 Å². The fraction of sp³-hybridized carbons (Fsp3) is 0.706. The Labute approximate surface area is 143 Å². The maximum Gasteiger partial charge on any atom is 0.239 e. The summed E-state index contributed by atoms with van der Waals surface area (Å²) in [7, 11) is 5.62. The second kappa shape index (κ2) is 8.48. The Morgan fingerprint density at radius 3 is 2.62 bits per heavy atom. The number of carbonyl (C=O) groups is 1. The van der Waals surface area contributed by atoms with Gasteiger partial charge in [-0.3, -0.25) is 14.6 Å². The van der Waals surface area contributed by atoms with Crippen LogP contribution in [0.15, 0.2) is 18.5 Å². The molecule has 2 heterocycles. The van der Waals surface area contributed by atoms with E-state index in [9.17, 15) is 9.18 Å². The van der Waals surface area contributed by atoms with E-state index in [2.05, 4.69) is 9.97 Å². The van der Waals surface area contributed by atoms with Crippen molar-refractivity contribution in [3.63, 3.8) is 0 Å². The van der Waals surface area contributed by atoms with Crippen molar-refractivity contribution in [1.29, 1.82) is 0 Å². The Hall–Kier alpha value is -1.60. The lowest BCUT2D eigenvalue weighted by molar-refractivity contribution is -0.135. The predicted molar refractivity (Wildman–Crippen MR) is 91.1 cm³/mol. The summed E-state index contributed by atoms with van der Waals surface area (Å²) in [6.07, 6.45) is 3.73. The molecule has 0 radical (unpaired) electrons. The molecule has 0 aromatic carbocycles. The molecule has 1 aliphatic heterocycles. The van der Waals surface area contributed by atoms with Crippen LogP contribution in [0.1, 0.15) is 25.6 Å². The van der Waals surface area contributed by atoms with Crippen molar-refractivity contribution in [1.82, 2.24) is 24.7 Å². The quantitative estimate of drug-likeness (QED) is 0.748. The number of likely N-dealkylation sites (N-methyl/N-ethyl adjacent to an activating group) is 2. The highest BCUT2D eigenvalue weighted by atomic mass is 19.1. The van der Waals surface area contributed by atoms with Crippen LogP contribution in [0.3, 0.4) is 0 Å². The largest absolute Gasteiger partial charge is 0.343 e. The molecule has 24 heavy (non-hydrogen) atoms. The first-order chi connectivity index (χ1) is 11.4. The minimum Gasteiger partial charge on any atom is -0.343 e. The van der Waals surface area contributed by atoms with Gasteiger partial charge in [0.05, 0.1) is 12.6 Å². The lowest BCUT2D eigenvalue weighted by atomic mass is 10.1. The Balaban J connectivity index is 1.99. The topological polar surface area (TPSA) is 52.6 Å². The Morgan fingerprint density at radius 1 is 1.38 bits per heavy atom. The summed E-state index contributed by atoms with van der Waals surface area (Å²) in [6, 6.07) is 1.63. The van der Waals surface area contributed by atoms with Crippen LogP contribution in [0, 0.1) is 0 Å².